The highest BCUT2D eigenvalue weighted by molar-refractivity contribution is 5.85. The molecular formula is C26H24N5O+. The van der Waals surface area contributed by atoms with Crippen LogP contribution in [0.25, 0.3) is 0 Å². The molecule has 158 valence electrons. The molecular weight excluding hydrogens is 398 g/mol. The van der Waals surface area contributed by atoms with Gasteiger partial charge in [0.15, 0.2) is 6.20 Å². The summed E-state index contributed by atoms with van der Waals surface area (Å²) in [7, 11) is 4.10. The van der Waals surface area contributed by atoms with Crippen LogP contribution in [0.15, 0.2) is 113 Å². The molecule has 1 atom stereocenters. The molecule has 0 N–H and O–H groups in total. The molecule has 0 saturated heterocycles. The Morgan fingerprint density at radius 2 is 1.44 bits per heavy atom. The topological polar surface area (TPSA) is 40.4 Å². The van der Waals surface area contributed by atoms with Crippen molar-refractivity contribution in [1.82, 2.24) is 0 Å². The average molecular weight is 423 g/mol. The van der Waals surface area contributed by atoms with E-state index in [1.54, 1.807) is 0 Å². The average Bonchev–Trinajstić information content (AvgIpc) is 3.26. The summed E-state index contributed by atoms with van der Waals surface area (Å²) in [4.78, 5) is 10.9. The van der Waals surface area contributed by atoms with E-state index in [-0.39, 0.29) is 0 Å². The summed E-state index contributed by atoms with van der Waals surface area (Å²) in [6.07, 6.45) is 9.46. The largest absolute Gasteiger partial charge is 0.457 e. The van der Waals surface area contributed by atoms with E-state index in [4.69, 9.17) is 4.74 Å². The van der Waals surface area contributed by atoms with Gasteiger partial charge in [0.05, 0.1) is 30.0 Å². The van der Waals surface area contributed by atoms with Gasteiger partial charge in [0.2, 0.25) is 12.0 Å². The maximum absolute atomic E-state index is 6.01. The van der Waals surface area contributed by atoms with Gasteiger partial charge in [-0.15, -0.1) is 4.59 Å². The molecule has 0 amide bonds. The number of benzene rings is 3. The van der Waals surface area contributed by atoms with Crippen LogP contribution in [0.4, 0.5) is 17.1 Å². The van der Waals surface area contributed by atoms with Gasteiger partial charge in [0.1, 0.15) is 17.2 Å². The smallest absolute Gasteiger partial charge is 0.225 e. The first-order chi connectivity index (χ1) is 15.7. The summed E-state index contributed by atoms with van der Waals surface area (Å²) < 4.78 is 6.31. The maximum atomic E-state index is 6.01. The zero-order chi connectivity index (χ0) is 22.0. The minimum Gasteiger partial charge on any atom is -0.457 e. The van der Waals surface area contributed by atoms with Gasteiger partial charge in [-0.3, -0.25) is 4.99 Å². The summed E-state index contributed by atoms with van der Waals surface area (Å²) in [5.41, 5.74) is 4.11. The molecule has 0 fully saturated rings. The number of allylic oxidation sites excluding steroid dienone is 1. The minimum absolute atomic E-state index is 0.299. The standard InChI is InChI=1S/C26H24N5O/c1-29(2)25-10-6-7-11-26(25)30(31-17-16-27-18-22(31)19-28-20-31)21-12-14-24(15-13-21)32-23-8-4-3-5-9-23/h3-20H,1-2H3/q+1. The van der Waals surface area contributed by atoms with Crippen molar-refractivity contribution < 1.29 is 9.33 Å². The van der Waals surface area contributed by atoms with Crippen LogP contribution in [0, 0.1) is 0 Å². The van der Waals surface area contributed by atoms with Crippen molar-refractivity contribution in [3.63, 3.8) is 0 Å². The predicted octanol–water partition coefficient (Wildman–Crippen LogP) is 5.85. The molecule has 32 heavy (non-hydrogen) atoms. The van der Waals surface area contributed by atoms with Crippen LogP contribution in [0.1, 0.15) is 0 Å². The molecule has 5 rings (SSSR count). The van der Waals surface area contributed by atoms with E-state index in [0.29, 0.717) is 4.59 Å². The predicted molar refractivity (Wildman–Crippen MR) is 130 cm³/mol. The maximum Gasteiger partial charge on any atom is 0.225 e. The number of hydrogen-bond donors (Lipinski definition) is 0. The third-order valence-corrected chi connectivity index (χ3v) is 5.43. The number of ether oxygens (including phenoxy) is 1. The molecule has 6 heteroatoms. The number of quaternary nitrogens is 1. The van der Waals surface area contributed by atoms with E-state index in [1.807, 2.05) is 73.6 Å². The molecule has 0 radical (unpaired) electrons. The first-order valence-electron chi connectivity index (χ1n) is 10.4. The van der Waals surface area contributed by atoms with Crippen LogP contribution in [-0.4, -0.2) is 31.2 Å². The number of rotatable bonds is 6. The fourth-order valence-corrected chi connectivity index (χ4v) is 3.92. The van der Waals surface area contributed by atoms with Crippen LogP contribution in [-0.2, 0) is 0 Å². The Morgan fingerprint density at radius 1 is 0.750 bits per heavy atom. The minimum atomic E-state index is 0.299. The quantitative estimate of drug-likeness (QED) is 0.468. The van der Waals surface area contributed by atoms with Gasteiger partial charge in [-0.25, -0.2) is 4.99 Å². The summed E-state index contributed by atoms with van der Waals surface area (Å²) in [6, 6.07) is 26.3. The zero-order valence-electron chi connectivity index (χ0n) is 18.0. The molecule has 0 spiro atoms. The van der Waals surface area contributed by atoms with E-state index >= 15 is 0 Å². The molecule has 0 aromatic heterocycles. The fraction of sp³-hybridized carbons (Fsp3) is 0.0769. The van der Waals surface area contributed by atoms with Gasteiger partial charge in [0.25, 0.3) is 0 Å². The first-order valence-corrected chi connectivity index (χ1v) is 10.4. The molecule has 0 aliphatic carbocycles. The highest BCUT2D eigenvalue weighted by Gasteiger charge is 2.43. The Bertz CT molecular complexity index is 1230. The SMILES string of the molecule is CN(C)c1ccccc1N(c1ccc(Oc2ccccc2)cc1)[N+]12C=CN=CC1=CN=C2. The van der Waals surface area contributed by atoms with Crippen molar-refractivity contribution in [3.8, 4) is 11.5 Å². The molecule has 0 bridgehead atoms. The number of anilines is 3. The van der Waals surface area contributed by atoms with Crippen LogP contribution < -0.4 is 14.6 Å². The zero-order valence-corrected chi connectivity index (χ0v) is 18.0. The highest BCUT2D eigenvalue weighted by atomic mass is 16.5. The molecule has 2 aliphatic rings. The van der Waals surface area contributed by atoms with Gasteiger partial charge in [-0.1, -0.05) is 30.3 Å². The van der Waals surface area contributed by atoms with Crippen molar-refractivity contribution in [3.05, 3.63) is 103 Å². The van der Waals surface area contributed by atoms with Gasteiger partial charge < -0.3 is 9.64 Å². The van der Waals surface area contributed by atoms with E-state index < -0.39 is 0 Å². The van der Waals surface area contributed by atoms with Gasteiger partial charge >= 0.3 is 0 Å². The van der Waals surface area contributed by atoms with Crippen molar-refractivity contribution in [2.75, 3.05) is 24.0 Å². The van der Waals surface area contributed by atoms with Crippen molar-refractivity contribution >= 4 is 29.6 Å². The van der Waals surface area contributed by atoms with Crippen LogP contribution >= 0.6 is 0 Å². The number of fused-ring (bicyclic) bond motifs is 1. The third kappa shape index (κ3) is 3.46. The number of para-hydroxylation sites is 3. The molecule has 2 heterocycles. The number of nitrogens with zero attached hydrogens (tertiary/aromatic N) is 5. The Hall–Kier alpha value is -4.16. The van der Waals surface area contributed by atoms with Gasteiger partial charge in [0, 0.05) is 14.1 Å². The second-order valence-corrected chi connectivity index (χ2v) is 7.74. The first kappa shape index (κ1) is 19.8. The summed E-state index contributed by atoms with van der Waals surface area (Å²) in [5.74, 6) is 1.59. The summed E-state index contributed by atoms with van der Waals surface area (Å²) in [6.45, 7) is 0. The molecule has 0 saturated carbocycles. The lowest BCUT2D eigenvalue weighted by Crippen LogP contribution is -2.52. The van der Waals surface area contributed by atoms with E-state index in [1.165, 1.54) is 0 Å². The lowest BCUT2D eigenvalue weighted by Gasteiger charge is -2.40. The third-order valence-electron chi connectivity index (χ3n) is 5.43. The second-order valence-electron chi connectivity index (χ2n) is 7.74. The van der Waals surface area contributed by atoms with Crippen LogP contribution in [0.5, 0.6) is 11.5 Å². The normalized spacial score (nSPS) is 18.2. The van der Waals surface area contributed by atoms with Crippen LogP contribution in [0.3, 0.4) is 0 Å². The van der Waals surface area contributed by atoms with E-state index in [0.717, 1.165) is 34.3 Å². The summed E-state index contributed by atoms with van der Waals surface area (Å²) >= 11 is 0. The van der Waals surface area contributed by atoms with Crippen molar-refractivity contribution in [1.29, 1.82) is 0 Å². The number of aliphatic imine (C=N–C) groups is 2. The number of hydrogen-bond acceptors (Lipinski definition) is 5. The lowest BCUT2D eigenvalue weighted by molar-refractivity contribution is -0.734. The molecule has 2 aliphatic heterocycles. The molecule has 3 aromatic rings. The Kier molecular flexibility index (Phi) is 5.05. The van der Waals surface area contributed by atoms with Crippen molar-refractivity contribution in [2.24, 2.45) is 9.98 Å². The molecule has 6 nitrogen and oxygen atoms in total. The van der Waals surface area contributed by atoms with E-state index in [2.05, 4.69) is 70.4 Å². The summed E-state index contributed by atoms with van der Waals surface area (Å²) in [5, 5.41) is 2.24. The Balaban J connectivity index is 1.60. The monoisotopic (exact) mass is 422 g/mol. The molecule has 1 unspecified atom stereocenters. The lowest BCUT2D eigenvalue weighted by atomic mass is 10.2. The van der Waals surface area contributed by atoms with Crippen LogP contribution in [0.2, 0.25) is 0 Å². The second kappa shape index (κ2) is 8.17. The Morgan fingerprint density at radius 3 is 2.19 bits per heavy atom. The van der Waals surface area contributed by atoms with Crippen molar-refractivity contribution in [2.45, 2.75) is 0 Å². The highest BCUT2D eigenvalue weighted by Crippen LogP contribution is 2.42. The Labute approximate surface area is 187 Å². The molecule has 3 aromatic carbocycles. The van der Waals surface area contributed by atoms with Gasteiger partial charge in [-0.05, 0) is 48.5 Å². The van der Waals surface area contributed by atoms with E-state index in [9.17, 15) is 0 Å². The fourth-order valence-electron chi connectivity index (χ4n) is 3.92. The van der Waals surface area contributed by atoms with Gasteiger partial charge in [-0.2, -0.15) is 5.01 Å².